The zero-order valence-electron chi connectivity index (χ0n) is 9.17. The minimum Gasteiger partial charge on any atom is -0.377 e. The molecule has 2 aliphatic rings. The van der Waals surface area contributed by atoms with Crippen molar-refractivity contribution in [2.45, 2.75) is 37.8 Å². The van der Waals surface area contributed by atoms with Gasteiger partial charge in [0, 0.05) is 19.1 Å². The molecule has 0 aromatic rings. The predicted octanol–water partition coefficient (Wildman–Crippen LogP) is 0.849. The summed E-state index contributed by atoms with van der Waals surface area (Å²) >= 11 is 0. The fraction of sp³-hybridized carbons (Fsp3) is 1.00. The lowest BCUT2D eigenvalue weighted by molar-refractivity contribution is 0.00402. The van der Waals surface area contributed by atoms with Crippen molar-refractivity contribution in [2.75, 3.05) is 33.3 Å². The van der Waals surface area contributed by atoms with Crippen LogP contribution in [0.2, 0.25) is 0 Å². The van der Waals surface area contributed by atoms with Crippen LogP contribution in [0.1, 0.15) is 25.7 Å². The molecule has 2 saturated heterocycles. The second kappa shape index (κ2) is 5.10. The largest absolute Gasteiger partial charge is 0.377 e. The van der Waals surface area contributed by atoms with Gasteiger partial charge in [-0.25, -0.2) is 0 Å². The lowest BCUT2D eigenvalue weighted by Gasteiger charge is -2.29. The Hall–Kier alpha value is -0.120. The summed E-state index contributed by atoms with van der Waals surface area (Å²) in [4.78, 5) is 2.38. The number of hydrogen-bond acceptors (Lipinski definition) is 3. The van der Waals surface area contributed by atoms with E-state index < -0.39 is 0 Å². The average molecular weight is 198 g/mol. The molecule has 2 heterocycles. The van der Waals surface area contributed by atoms with Gasteiger partial charge in [0.15, 0.2) is 0 Å². The standard InChI is InChI=1S/C11H22N2O/c1-13-7-4-11(5-8-13)14-9-10-3-2-6-12-10/h10-12H,2-9H2,1H3/t10-/m0/s1. The summed E-state index contributed by atoms with van der Waals surface area (Å²) < 4.78 is 5.93. The molecule has 0 spiro atoms. The topological polar surface area (TPSA) is 24.5 Å². The Labute approximate surface area is 86.8 Å². The van der Waals surface area contributed by atoms with E-state index in [0.29, 0.717) is 12.1 Å². The summed E-state index contributed by atoms with van der Waals surface area (Å²) in [7, 11) is 2.19. The fourth-order valence-electron chi connectivity index (χ4n) is 2.30. The third-order valence-corrected chi connectivity index (χ3v) is 3.36. The Bertz CT molecular complexity index is 161. The molecule has 3 nitrogen and oxygen atoms in total. The van der Waals surface area contributed by atoms with Gasteiger partial charge in [0.1, 0.15) is 0 Å². The van der Waals surface area contributed by atoms with E-state index in [4.69, 9.17) is 4.74 Å². The van der Waals surface area contributed by atoms with Crippen LogP contribution in [0.4, 0.5) is 0 Å². The quantitative estimate of drug-likeness (QED) is 0.727. The summed E-state index contributed by atoms with van der Waals surface area (Å²) in [6.45, 7) is 4.50. The van der Waals surface area contributed by atoms with Crippen molar-refractivity contribution in [3.63, 3.8) is 0 Å². The minimum absolute atomic E-state index is 0.522. The summed E-state index contributed by atoms with van der Waals surface area (Å²) in [6.07, 6.45) is 5.56. The van der Waals surface area contributed by atoms with Crippen LogP contribution in [0.15, 0.2) is 0 Å². The van der Waals surface area contributed by atoms with E-state index in [2.05, 4.69) is 17.3 Å². The van der Waals surface area contributed by atoms with E-state index in [1.165, 1.54) is 45.3 Å². The summed E-state index contributed by atoms with van der Waals surface area (Å²) in [6, 6.07) is 0.634. The molecule has 0 radical (unpaired) electrons. The number of nitrogens with one attached hydrogen (secondary N) is 1. The van der Waals surface area contributed by atoms with Gasteiger partial charge in [0.2, 0.25) is 0 Å². The Kier molecular flexibility index (Phi) is 3.79. The predicted molar refractivity (Wildman–Crippen MR) is 57.5 cm³/mol. The molecule has 0 aliphatic carbocycles. The maximum atomic E-state index is 5.93. The van der Waals surface area contributed by atoms with Crippen molar-refractivity contribution < 1.29 is 4.74 Å². The third-order valence-electron chi connectivity index (χ3n) is 3.36. The Morgan fingerprint density at radius 2 is 2.07 bits per heavy atom. The van der Waals surface area contributed by atoms with Crippen LogP contribution in [0.5, 0.6) is 0 Å². The van der Waals surface area contributed by atoms with Crippen molar-refractivity contribution in [3.8, 4) is 0 Å². The van der Waals surface area contributed by atoms with Gasteiger partial charge < -0.3 is 15.0 Å². The number of likely N-dealkylation sites (tertiary alicyclic amines) is 1. The van der Waals surface area contributed by atoms with Gasteiger partial charge >= 0.3 is 0 Å². The van der Waals surface area contributed by atoms with E-state index in [-0.39, 0.29) is 0 Å². The second-order valence-corrected chi connectivity index (χ2v) is 4.63. The number of rotatable bonds is 3. The Morgan fingerprint density at radius 3 is 2.71 bits per heavy atom. The first-order chi connectivity index (χ1) is 6.84. The molecule has 14 heavy (non-hydrogen) atoms. The molecule has 0 bridgehead atoms. The highest BCUT2D eigenvalue weighted by Gasteiger charge is 2.20. The molecule has 2 rings (SSSR count). The Morgan fingerprint density at radius 1 is 1.29 bits per heavy atom. The van der Waals surface area contributed by atoms with Crippen molar-refractivity contribution >= 4 is 0 Å². The van der Waals surface area contributed by atoms with Gasteiger partial charge in [0.05, 0.1) is 12.7 Å². The number of ether oxygens (including phenoxy) is 1. The average Bonchev–Trinajstić information content (AvgIpc) is 2.70. The first kappa shape index (κ1) is 10.4. The number of nitrogens with zero attached hydrogens (tertiary/aromatic N) is 1. The van der Waals surface area contributed by atoms with E-state index in [0.717, 1.165) is 6.61 Å². The van der Waals surface area contributed by atoms with Crippen LogP contribution >= 0.6 is 0 Å². The molecule has 0 saturated carbocycles. The third kappa shape index (κ3) is 2.94. The van der Waals surface area contributed by atoms with Crippen LogP contribution < -0.4 is 5.32 Å². The zero-order valence-corrected chi connectivity index (χ0v) is 9.17. The molecular formula is C11H22N2O. The lowest BCUT2D eigenvalue weighted by atomic mass is 10.1. The van der Waals surface area contributed by atoms with Gasteiger partial charge in [0.25, 0.3) is 0 Å². The molecule has 1 atom stereocenters. The second-order valence-electron chi connectivity index (χ2n) is 4.63. The molecule has 3 heteroatoms. The highest BCUT2D eigenvalue weighted by molar-refractivity contribution is 4.75. The first-order valence-electron chi connectivity index (χ1n) is 5.88. The molecule has 1 N–H and O–H groups in total. The molecular weight excluding hydrogens is 176 g/mol. The zero-order chi connectivity index (χ0) is 9.80. The van der Waals surface area contributed by atoms with Crippen LogP contribution in [0, 0.1) is 0 Å². The van der Waals surface area contributed by atoms with Crippen molar-refractivity contribution in [1.29, 1.82) is 0 Å². The SMILES string of the molecule is CN1CCC(OC[C@@H]2CCCN2)CC1. The normalized spacial score (nSPS) is 31.1. The minimum atomic E-state index is 0.522. The maximum Gasteiger partial charge on any atom is 0.0623 e. The van der Waals surface area contributed by atoms with Crippen LogP contribution in [-0.4, -0.2) is 50.3 Å². The van der Waals surface area contributed by atoms with E-state index in [9.17, 15) is 0 Å². The Balaban J connectivity index is 1.60. The lowest BCUT2D eigenvalue weighted by Crippen LogP contribution is -2.36. The van der Waals surface area contributed by atoms with E-state index in [1.807, 2.05) is 0 Å². The molecule has 0 amide bonds. The van der Waals surface area contributed by atoms with Gasteiger partial charge in [-0.3, -0.25) is 0 Å². The van der Waals surface area contributed by atoms with Gasteiger partial charge in [-0.15, -0.1) is 0 Å². The van der Waals surface area contributed by atoms with Crippen LogP contribution in [0.25, 0.3) is 0 Å². The maximum absolute atomic E-state index is 5.93. The smallest absolute Gasteiger partial charge is 0.0623 e. The molecule has 0 aromatic heterocycles. The van der Waals surface area contributed by atoms with Crippen LogP contribution in [0.3, 0.4) is 0 Å². The first-order valence-corrected chi connectivity index (χ1v) is 5.88. The van der Waals surface area contributed by atoms with Crippen molar-refractivity contribution in [1.82, 2.24) is 10.2 Å². The number of hydrogen-bond donors (Lipinski definition) is 1. The molecule has 2 aliphatic heterocycles. The van der Waals surface area contributed by atoms with Gasteiger partial charge in [-0.1, -0.05) is 0 Å². The molecule has 82 valence electrons. The monoisotopic (exact) mass is 198 g/mol. The summed E-state index contributed by atoms with van der Waals surface area (Å²) in [5.74, 6) is 0. The van der Waals surface area contributed by atoms with Gasteiger partial charge in [-0.2, -0.15) is 0 Å². The van der Waals surface area contributed by atoms with E-state index >= 15 is 0 Å². The summed E-state index contributed by atoms with van der Waals surface area (Å²) in [5, 5.41) is 3.47. The van der Waals surface area contributed by atoms with Gasteiger partial charge in [-0.05, 0) is 39.3 Å². The molecule has 0 aromatic carbocycles. The van der Waals surface area contributed by atoms with Crippen LogP contribution in [-0.2, 0) is 4.74 Å². The highest BCUT2D eigenvalue weighted by atomic mass is 16.5. The van der Waals surface area contributed by atoms with E-state index in [1.54, 1.807) is 0 Å². The number of piperidine rings is 1. The molecule has 2 fully saturated rings. The summed E-state index contributed by atoms with van der Waals surface area (Å²) in [5.41, 5.74) is 0. The van der Waals surface area contributed by atoms with Crippen molar-refractivity contribution in [3.05, 3.63) is 0 Å². The highest BCUT2D eigenvalue weighted by Crippen LogP contribution is 2.14. The van der Waals surface area contributed by atoms with Crippen molar-refractivity contribution in [2.24, 2.45) is 0 Å². The fourth-order valence-corrected chi connectivity index (χ4v) is 2.30. The molecule has 0 unspecified atom stereocenters.